The second kappa shape index (κ2) is 6.45. The van der Waals surface area contributed by atoms with Crippen molar-refractivity contribution in [2.45, 2.75) is 25.9 Å². The fourth-order valence-corrected chi connectivity index (χ4v) is 3.76. The normalized spacial score (nSPS) is 11.3. The van der Waals surface area contributed by atoms with Crippen LogP contribution in [0, 0.1) is 20.8 Å². The summed E-state index contributed by atoms with van der Waals surface area (Å²) in [5, 5.41) is 20.2. The number of aromatic amines is 1. The van der Waals surface area contributed by atoms with Gasteiger partial charge in [-0.1, -0.05) is 30.0 Å². The van der Waals surface area contributed by atoms with Crippen LogP contribution in [0.25, 0.3) is 16.6 Å². The number of aromatic nitrogens is 5. The van der Waals surface area contributed by atoms with E-state index in [2.05, 4.69) is 38.7 Å². The minimum absolute atomic E-state index is 0.101. The first-order chi connectivity index (χ1) is 12.5. The standard InChI is InChI=1S/C18H18N6OS/c1-10-8-15-22-23-18(24(15)14-7-5-4-6-13(10)14)26-9-16(25)19-17-11(2)20-21-12(17)3/h4-8H,9H2,1-3H3,(H,19,25)(H,20,21). The van der Waals surface area contributed by atoms with Gasteiger partial charge in [0.1, 0.15) is 0 Å². The molecule has 0 aliphatic heterocycles. The van der Waals surface area contributed by atoms with Gasteiger partial charge in [-0.15, -0.1) is 10.2 Å². The van der Waals surface area contributed by atoms with Gasteiger partial charge < -0.3 is 5.32 Å². The number of para-hydroxylation sites is 1. The van der Waals surface area contributed by atoms with Crippen molar-refractivity contribution < 1.29 is 4.79 Å². The van der Waals surface area contributed by atoms with Gasteiger partial charge in [-0.05, 0) is 38.5 Å². The molecule has 0 fully saturated rings. The molecule has 0 saturated carbocycles. The highest BCUT2D eigenvalue weighted by Crippen LogP contribution is 2.26. The number of pyridine rings is 1. The lowest BCUT2D eigenvalue weighted by Gasteiger charge is -2.07. The van der Waals surface area contributed by atoms with Crippen molar-refractivity contribution in [2.75, 3.05) is 11.1 Å². The van der Waals surface area contributed by atoms with Gasteiger partial charge >= 0.3 is 0 Å². The third-order valence-corrected chi connectivity index (χ3v) is 5.23. The lowest BCUT2D eigenvalue weighted by Crippen LogP contribution is -2.15. The molecule has 132 valence electrons. The van der Waals surface area contributed by atoms with Crippen LogP contribution in [-0.4, -0.2) is 36.5 Å². The van der Waals surface area contributed by atoms with Crippen molar-refractivity contribution in [1.82, 2.24) is 24.8 Å². The van der Waals surface area contributed by atoms with Crippen LogP contribution in [0.4, 0.5) is 5.69 Å². The van der Waals surface area contributed by atoms with Crippen molar-refractivity contribution in [3.05, 3.63) is 47.3 Å². The quantitative estimate of drug-likeness (QED) is 0.541. The lowest BCUT2D eigenvalue weighted by atomic mass is 10.1. The molecular weight excluding hydrogens is 348 g/mol. The predicted molar refractivity (Wildman–Crippen MR) is 103 cm³/mol. The van der Waals surface area contributed by atoms with Gasteiger partial charge in [0.05, 0.1) is 28.3 Å². The third kappa shape index (κ3) is 2.82. The number of hydrogen-bond donors (Lipinski definition) is 2. The number of fused-ring (bicyclic) bond motifs is 3. The summed E-state index contributed by atoms with van der Waals surface area (Å²) < 4.78 is 1.99. The summed E-state index contributed by atoms with van der Waals surface area (Å²) in [4.78, 5) is 12.3. The zero-order valence-corrected chi connectivity index (χ0v) is 15.5. The number of nitrogens with zero attached hydrogens (tertiary/aromatic N) is 4. The Morgan fingerprint density at radius 3 is 2.81 bits per heavy atom. The number of benzene rings is 1. The zero-order chi connectivity index (χ0) is 18.3. The molecule has 7 nitrogen and oxygen atoms in total. The fourth-order valence-electron chi connectivity index (χ4n) is 3.01. The molecule has 0 radical (unpaired) electrons. The monoisotopic (exact) mass is 366 g/mol. The van der Waals surface area contributed by atoms with E-state index >= 15 is 0 Å². The van der Waals surface area contributed by atoms with Gasteiger partial charge in [0.15, 0.2) is 10.8 Å². The van der Waals surface area contributed by atoms with E-state index in [0.29, 0.717) is 5.16 Å². The Hall–Kier alpha value is -2.87. The molecule has 8 heteroatoms. The molecule has 2 N–H and O–H groups in total. The summed E-state index contributed by atoms with van der Waals surface area (Å²) in [5.74, 6) is 0.142. The van der Waals surface area contributed by atoms with Gasteiger partial charge in [-0.2, -0.15) is 5.10 Å². The van der Waals surface area contributed by atoms with E-state index in [1.807, 2.05) is 42.5 Å². The number of aryl methyl sites for hydroxylation is 3. The lowest BCUT2D eigenvalue weighted by molar-refractivity contribution is -0.113. The average Bonchev–Trinajstić information content (AvgIpc) is 3.18. The molecule has 0 spiro atoms. The highest BCUT2D eigenvalue weighted by Gasteiger charge is 2.14. The summed E-state index contributed by atoms with van der Waals surface area (Å²) >= 11 is 1.37. The minimum atomic E-state index is -0.101. The molecule has 3 heterocycles. The van der Waals surface area contributed by atoms with Crippen molar-refractivity contribution in [3.8, 4) is 0 Å². The smallest absolute Gasteiger partial charge is 0.234 e. The molecule has 1 aromatic carbocycles. The first-order valence-electron chi connectivity index (χ1n) is 8.22. The predicted octanol–water partition coefficient (Wildman–Crippen LogP) is 3.26. The number of thioether (sulfide) groups is 1. The fraction of sp³-hybridized carbons (Fsp3) is 0.222. The van der Waals surface area contributed by atoms with Crippen LogP contribution in [0.15, 0.2) is 35.5 Å². The van der Waals surface area contributed by atoms with Crippen LogP contribution in [0.5, 0.6) is 0 Å². The molecule has 0 aliphatic rings. The number of carbonyl (C=O) groups excluding carboxylic acids is 1. The Bertz CT molecular complexity index is 1110. The molecule has 4 aromatic rings. The summed E-state index contributed by atoms with van der Waals surface area (Å²) in [5.41, 5.74) is 5.33. The second-order valence-electron chi connectivity index (χ2n) is 6.17. The first kappa shape index (κ1) is 16.6. The number of hydrogen-bond acceptors (Lipinski definition) is 5. The van der Waals surface area contributed by atoms with Crippen molar-refractivity contribution in [1.29, 1.82) is 0 Å². The van der Waals surface area contributed by atoms with E-state index < -0.39 is 0 Å². The Labute approximate surface area is 154 Å². The van der Waals surface area contributed by atoms with Gasteiger partial charge in [-0.25, -0.2) is 0 Å². The molecule has 0 unspecified atom stereocenters. The third-order valence-electron chi connectivity index (χ3n) is 4.30. The average molecular weight is 366 g/mol. The molecule has 4 rings (SSSR count). The largest absolute Gasteiger partial charge is 0.322 e. The first-order valence-corrected chi connectivity index (χ1v) is 9.21. The molecule has 26 heavy (non-hydrogen) atoms. The van der Waals surface area contributed by atoms with Crippen LogP contribution in [0.2, 0.25) is 0 Å². The SMILES string of the molecule is Cc1n[nH]c(C)c1NC(=O)CSc1nnc2cc(C)c3ccccc3n12. The number of rotatable bonds is 4. The van der Waals surface area contributed by atoms with Crippen LogP contribution in [0.3, 0.4) is 0 Å². The maximum Gasteiger partial charge on any atom is 0.234 e. The van der Waals surface area contributed by atoms with Gasteiger partial charge in [0, 0.05) is 5.39 Å². The summed E-state index contributed by atoms with van der Waals surface area (Å²) in [7, 11) is 0. The number of nitrogens with one attached hydrogen (secondary N) is 2. The molecule has 0 atom stereocenters. The molecule has 1 amide bonds. The van der Waals surface area contributed by atoms with E-state index in [-0.39, 0.29) is 11.7 Å². The minimum Gasteiger partial charge on any atom is -0.322 e. The topological polar surface area (TPSA) is 88.0 Å². The summed E-state index contributed by atoms with van der Waals surface area (Å²) in [6.45, 7) is 5.79. The Balaban J connectivity index is 1.60. The Morgan fingerprint density at radius 1 is 1.23 bits per heavy atom. The molecule has 0 saturated heterocycles. The van der Waals surface area contributed by atoms with E-state index in [1.54, 1.807) is 0 Å². The van der Waals surface area contributed by atoms with E-state index in [1.165, 1.54) is 11.8 Å². The van der Waals surface area contributed by atoms with Crippen molar-refractivity contribution in [2.24, 2.45) is 0 Å². The number of anilines is 1. The number of H-pyrrole nitrogens is 1. The Kier molecular flexibility index (Phi) is 4.12. The molecule has 0 bridgehead atoms. The van der Waals surface area contributed by atoms with Gasteiger partial charge in [0.2, 0.25) is 5.91 Å². The van der Waals surface area contributed by atoms with Crippen LogP contribution < -0.4 is 5.32 Å². The zero-order valence-electron chi connectivity index (χ0n) is 14.7. The van der Waals surface area contributed by atoms with Crippen LogP contribution in [-0.2, 0) is 4.79 Å². The second-order valence-corrected chi connectivity index (χ2v) is 7.11. The molecular formula is C18H18N6OS. The Morgan fingerprint density at radius 2 is 2.04 bits per heavy atom. The summed E-state index contributed by atoms with van der Waals surface area (Å²) in [6.07, 6.45) is 0. The van der Waals surface area contributed by atoms with Gasteiger partial charge in [-0.3, -0.25) is 14.3 Å². The number of carbonyl (C=O) groups is 1. The van der Waals surface area contributed by atoms with Crippen molar-refractivity contribution in [3.63, 3.8) is 0 Å². The van der Waals surface area contributed by atoms with Crippen LogP contribution >= 0.6 is 11.8 Å². The number of amides is 1. The highest BCUT2D eigenvalue weighted by atomic mass is 32.2. The van der Waals surface area contributed by atoms with E-state index in [0.717, 1.165) is 39.2 Å². The summed E-state index contributed by atoms with van der Waals surface area (Å²) in [6, 6.07) is 10.1. The maximum absolute atomic E-state index is 12.3. The van der Waals surface area contributed by atoms with Gasteiger partial charge in [0.25, 0.3) is 0 Å². The highest BCUT2D eigenvalue weighted by molar-refractivity contribution is 7.99. The van der Waals surface area contributed by atoms with Crippen molar-refractivity contribution >= 4 is 39.9 Å². The molecule has 3 aromatic heterocycles. The van der Waals surface area contributed by atoms with Crippen LogP contribution in [0.1, 0.15) is 17.0 Å². The maximum atomic E-state index is 12.3. The van der Waals surface area contributed by atoms with E-state index in [4.69, 9.17) is 0 Å². The molecule has 0 aliphatic carbocycles. The van der Waals surface area contributed by atoms with E-state index in [9.17, 15) is 4.79 Å².